The van der Waals surface area contributed by atoms with Crippen LogP contribution in [0.4, 0.5) is 4.39 Å². The molecule has 3 heterocycles. The number of ether oxygens (including phenoxy) is 1. The normalized spacial score (nSPS) is 12.4. The minimum absolute atomic E-state index is 0.0722. The second-order valence-corrected chi connectivity index (χ2v) is 5.32. The largest absolute Gasteiger partial charge is 0.483 e. The van der Waals surface area contributed by atoms with Gasteiger partial charge in [0.05, 0.1) is 18.1 Å². The second-order valence-electron chi connectivity index (χ2n) is 5.32. The molecule has 2 aromatic heterocycles. The molecule has 0 unspecified atom stereocenters. The number of furan rings is 1. The van der Waals surface area contributed by atoms with Crippen LogP contribution in [0.25, 0.3) is 22.3 Å². The Bertz CT molecular complexity index is 929. The number of nitrogens with zero attached hydrogens (tertiary/aromatic N) is 2. The molecule has 1 aliphatic heterocycles. The third-order valence-corrected chi connectivity index (χ3v) is 3.85. The van der Waals surface area contributed by atoms with Crippen molar-refractivity contribution in [2.45, 2.75) is 6.61 Å². The van der Waals surface area contributed by atoms with E-state index in [0.717, 1.165) is 5.56 Å². The Balaban J connectivity index is 2.04. The van der Waals surface area contributed by atoms with Crippen molar-refractivity contribution in [1.82, 2.24) is 9.78 Å². The minimum Gasteiger partial charge on any atom is -0.483 e. The zero-order valence-electron chi connectivity index (χ0n) is 12.2. The predicted molar refractivity (Wildman–Crippen MR) is 79.2 cm³/mol. The number of amides is 1. The smallest absolute Gasteiger partial charge is 0.249 e. The molecule has 0 saturated heterocycles. The van der Waals surface area contributed by atoms with Crippen LogP contribution in [0.1, 0.15) is 16.1 Å². The summed E-state index contributed by atoms with van der Waals surface area (Å²) in [7, 11) is 1.77. The van der Waals surface area contributed by atoms with Gasteiger partial charge in [-0.25, -0.2) is 4.39 Å². The van der Waals surface area contributed by atoms with Gasteiger partial charge in [-0.2, -0.15) is 5.10 Å². The maximum atomic E-state index is 15.0. The molecule has 116 valence electrons. The van der Waals surface area contributed by atoms with Gasteiger partial charge in [-0.3, -0.25) is 9.48 Å². The van der Waals surface area contributed by atoms with Gasteiger partial charge in [0.15, 0.2) is 11.6 Å². The van der Waals surface area contributed by atoms with Gasteiger partial charge in [-0.1, -0.05) is 0 Å². The maximum absolute atomic E-state index is 15.0. The third-order valence-electron chi connectivity index (χ3n) is 3.85. The molecule has 1 amide bonds. The predicted octanol–water partition coefficient (Wildman–Crippen LogP) is 2.48. The highest BCUT2D eigenvalue weighted by molar-refractivity contribution is 6.02. The van der Waals surface area contributed by atoms with Gasteiger partial charge < -0.3 is 14.9 Å². The quantitative estimate of drug-likeness (QED) is 0.788. The van der Waals surface area contributed by atoms with E-state index in [9.17, 15) is 4.79 Å². The first-order valence-electron chi connectivity index (χ1n) is 6.91. The standard InChI is InChI=1S/C16H12FN3O3/c1-20-5-11-9-4-10(16(18)21)13(8-2-3-22-6-8)14(17)15(9)23-7-12(11)19-20/h2-6H,7H2,1H3,(H2,18,21). The van der Waals surface area contributed by atoms with Crippen LogP contribution in [0, 0.1) is 5.82 Å². The lowest BCUT2D eigenvalue weighted by molar-refractivity contribution is 0.100. The summed E-state index contributed by atoms with van der Waals surface area (Å²) in [5.41, 5.74) is 7.92. The number of rotatable bonds is 2. The van der Waals surface area contributed by atoms with Gasteiger partial charge in [-0.15, -0.1) is 0 Å². The van der Waals surface area contributed by atoms with Crippen LogP contribution in [0.3, 0.4) is 0 Å². The van der Waals surface area contributed by atoms with Crippen LogP contribution in [0.15, 0.2) is 35.3 Å². The molecule has 0 spiro atoms. The van der Waals surface area contributed by atoms with E-state index in [-0.39, 0.29) is 23.5 Å². The number of aromatic nitrogens is 2. The number of hydrogen-bond donors (Lipinski definition) is 1. The van der Waals surface area contributed by atoms with E-state index >= 15 is 4.39 Å². The average Bonchev–Trinajstić information content (AvgIpc) is 3.14. The van der Waals surface area contributed by atoms with Crippen molar-refractivity contribution in [1.29, 1.82) is 0 Å². The number of benzene rings is 1. The molecule has 4 rings (SSSR count). The van der Waals surface area contributed by atoms with Crippen molar-refractivity contribution in [2.75, 3.05) is 0 Å². The number of carbonyl (C=O) groups is 1. The Morgan fingerprint density at radius 1 is 1.43 bits per heavy atom. The Morgan fingerprint density at radius 3 is 2.96 bits per heavy atom. The van der Waals surface area contributed by atoms with E-state index < -0.39 is 11.7 Å². The summed E-state index contributed by atoms with van der Waals surface area (Å²) in [4.78, 5) is 11.8. The number of halogens is 1. The molecule has 0 radical (unpaired) electrons. The van der Waals surface area contributed by atoms with Crippen molar-refractivity contribution in [2.24, 2.45) is 12.8 Å². The Hall–Kier alpha value is -3.09. The lowest BCUT2D eigenvalue weighted by Crippen LogP contribution is -2.16. The fourth-order valence-corrected chi connectivity index (χ4v) is 2.86. The van der Waals surface area contributed by atoms with Crippen LogP contribution >= 0.6 is 0 Å². The van der Waals surface area contributed by atoms with Crippen molar-refractivity contribution < 1.29 is 18.3 Å². The monoisotopic (exact) mass is 313 g/mol. The lowest BCUT2D eigenvalue weighted by Gasteiger charge is -2.20. The first-order chi connectivity index (χ1) is 11.1. The molecule has 0 atom stereocenters. The number of nitrogens with two attached hydrogens (primary N) is 1. The molecule has 7 heteroatoms. The van der Waals surface area contributed by atoms with Gasteiger partial charge in [0.25, 0.3) is 0 Å². The van der Waals surface area contributed by atoms with Crippen LogP contribution in [-0.2, 0) is 13.7 Å². The number of hydrogen-bond acceptors (Lipinski definition) is 4. The second kappa shape index (κ2) is 4.70. The van der Waals surface area contributed by atoms with E-state index in [4.69, 9.17) is 14.9 Å². The highest BCUT2D eigenvalue weighted by Gasteiger charge is 2.29. The molecule has 3 aromatic rings. The average molecular weight is 313 g/mol. The summed E-state index contributed by atoms with van der Waals surface area (Å²) in [6.07, 6.45) is 4.52. The van der Waals surface area contributed by atoms with E-state index in [1.165, 1.54) is 12.5 Å². The number of carbonyl (C=O) groups excluding carboxylic acids is 1. The molecule has 6 nitrogen and oxygen atoms in total. The van der Waals surface area contributed by atoms with E-state index in [0.29, 0.717) is 16.8 Å². The van der Waals surface area contributed by atoms with Crippen LogP contribution in [-0.4, -0.2) is 15.7 Å². The highest BCUT2D eigenvalue weighted by atomic mass is 19.1. The number of fused-ring (bicyclic) bond motifs is 3. The highest BCUT2D eigenvalue weighted by Crippen LogP contribution is 2.44. The summed E-state index contributed by atoms with van der Waals surface area (Å²) in [6, 6.07) is 3.11. The van der Waals surface area contributed by atoms with Crippen LogP contribution in [0.5, 0.6) is 5.75 Å². The van der Waals surface area contributed by atoms with E-state index in [1.807, 2.05) is 0 Å². The SMILES string of the molecule is Cn1cc2c(n1)COc1c-2cc(C(N)=O)c(-c2ccoc2)c1F. The molecule has 23 heavy (non-hydrogen) atoms. The van der Waals surface area contributed by atoms with Gasteiger partial charge in [-0.05, 0) is 12.1 Å². The van der Waals surface area contributed by atoms with Gasteiger partial charge in [0.2, 0.25) is 5.91 Å². The van der Waals surface area contributed by atoms with Crippen LogP contribution in [0.2, 0.25) is 0 Å². The molecule has 0 saturated carbocycles. The molecule has 0 aliphatic carbocycles. The minimum atomic E-state index is -0.723. The van der Waals surface area contributed by atoms with Crippen molar-refractivity contribution in [3.05, 3.63) is 47.9 Å². The zero-order chi connectivity index (χ0) is 16.1. The van der Waals surface area contributed by atoms with Gasteiger partial charge in [0, 0.05) is 35.5 Å². The molecule has 1 aromatic carbocycles. The molecule has 0 bridgehead atoms. The molecular weight excluding hydrogens is 301 g/mol. The Morgan fingerprint density at radius 2 is 2.26 bits per heavy atom. The molecular formula is C16H12FN3O3. The fourth-order valence-electron chi connectivity index (χ4n) is 2.86. The van der Waals surface area contributed by atoms with Crippen molar-refractivity contribution in [3.63, 3.8) is 0 Å². The lowest BCUT2D eigenvalue weighted by atomic mass is 9.93. The van der Waals surface area contributed by atoms with Crippen molar-refractivity contribution in [3.8, 4) is 28.0 Å². The summed E-state index contributed by atoms with van der Waals surface area (Å²) in [5.74, 6) is -1.27. The van der Waals surface area contributed by atoms with Gasteiger partial charge >= 0.3 is 0 Å². The maximum Gasteiger partial charge on any atom is 0.249 e. The number of primary amides is 1. The molecule has 0 fully saturated rings. The Labute approximate surface area is 130 Å². The summed E-state index contributed by atoms with van der Waals surface area (Å²) in [5, 5.41) is 4.26. The van der Waals surface area contributed by atoms with Crippen LogP contribution < -0.4 is 10.5 Å². The summed E-state index contributed by atoms with van der Waals surface area (Å²) >= 11 is 0. The zero-order valence-corrected chi connectivity index (χ0v) is 12.2. The summed E-state index contributed by atoms with van der Waals surface area (Å²) in [6.45, 7) is 0.167. The first-order valence-corrected chi connectivity index (χ1v) is 6.91. The summed E-state index contributed by atoms with van der Waals surface area (Å²) < 4.78 is 27.2. The topological polar surface area (TPSA) is 83.3 Å². The third kappa shape index (κ3) is 1.93. The van der Waals surface area contributed by atoms with Crippen molar-refractivity contribution >= 4 is 5.91 Å². The molecule has 2 N–H and O–H groups in total. The fraction of sp³-hybridized carbons (Fsp3) is 0.125. The van der Waals surface area contributed by atoms with E-state index in [1.54, 1.807) is 30.1 Å². The van der Waals surface area contributed by atoms with E-state index in [2.05, 4.69) is 5.10 Å². The number of aryl methyl sites for hydroxylation is 1. The first kappa shape index (κ1) is 13.6. The van der Waals surface area contributed by atoms with Gasteiger partial charge in [0.1, 0.15) is 12.3 Å². The molecule has 1 aliphatic rings. The Kier molecular flexibility index (Phi) is 2.77.